The average molecular weight is 798 g/mol. The summed E-state index contributed by atoms with van der Waals surface area (Å²) in [7, 11) is 4.35. The third kappa shape index (κ3) is 7.35. The highest BCUT2D eigenvalue weighted by atomic mass is 35.5. The van der Waals surface area contributed by atoms with Gasteiger partial charge in [0.1, 0.15) is 32.3 Å². The van der Waals surface area contributed by atoms with Crippen molar-refractivity contribution in [1.29, 1.82) is 0 Å². The van der Waals surface area contributed by atoms with Gasteiger partial charge in [-0.1, -0.05) is 46.8 Å². The number of hydrogen-bond acceptors (Lipinski definition) is 6. The Balaban J connectivity index is 0.00000280. The van der Waals surface area contributed by atoms with Crippen LogP contribution in [0, 0.1) is 56.7 Å². The Morgan fingerprint density at radius 3 is 1.89 bits per heavy atom. The van der Waals surface area contributed by atoms with Crippen LogP contribution in [0.5, 0.6) is 0 Å². The van der Waals surface area contributed by atoms with Gasteiger partial charge in [-0.05, 0) is 117 Å². The van der Waals surface area contributed by atoms with E-state index >= 15 is 0 Å². The molecule has 7 fully saturated rings. The van der Waals surface area contributed by atoms with E-state index < -0.39 is 0 Å². The fraction of sp³-hybridized carbons (Fsp3) is 0.909. The van der Waals surface area contributed by atoms with E-state index in [-0.39, 0.29) is 69.9 Å². The van der Waals surface area contributed by atoms with E-state index in [0.29, 0.717) is 49.3 Å². The highest BCUT2D eigenvalue weighted by molar-refractivity contribution is 5.71. The molecule has 4 unspecified atom stereocenters. The van der Waals surface area contributed by atoms with E-state index in [0.717, 1.165) is 87.3 Å². The Morgan fingerprint density at radius 1 is 0.704 bits per heavy atom. The van der Waals surface area contributed by atoms with Crippen LogP contribution in [0.1, 0.15) is 106 Å². The molecule has 10 heteroatoms. The molecule has 310 valence electrons. The molecular weight excluding hydrogens is 723 g/mol. The molecule has 10 atom stereocenters. The molecule has 5 aliphatic carbocycles. The zero-order valence-corrected chi connectivity index (χ0v) is 36.6. The number of allylic oxidation sites excluding steroid dienone is 1. The fourth-order valence-corrected chi connectivity index (χ4v) is 14.7. The Bertz CT molecular complexity index is 1400. The lowest BCUT2D eigenvalue weighted by atomic mass is 9.32. The summed E-state index contributed by atoms with van der Waals surface area (Å²) >= 11 is 0. The summed E-state index contributed by atoms with van der Waals surface area (Å²) in [5.74, 6) is 2.77. The number of ether oxygens (including phenoxy) is 4. The summed E-state index contributed by atoms with van der Waals surface area (Å²) in [4.78, 5) is 26.9. The maximum absolute atomic E-state index is 13.5. The van der Waals surface area contributed by atoms with Gasteiger partial charge < -0.3 is 52.7 Å². The minimum absolute atomic E-state index is 0. The first-order valence-electron chi connectivity index (χ1n) is 21.2. The molecule has 5 saturated carbocycles. The quantitative estimate of drug-likeness (QED) is 0.208. The Kier molecular flexibility index (Phi) is 12.8. The standard InChI is InChI=1S/C44H74N2O6.2ClH/c1-31(2)32-12-17-44(30-51-37(47)28-45(8)20-24-49-25-21-45)19-18-42(6)33(39(32)44)10-11-35-41(5)15-14-36(40(3,4)34(41)13-16-43(35,42)7)52-38(48)29-46(9)22-26-50-27-23-46;;/h32-36,39H,1,10-30H2,2-9H3;2*1H/q+2;;/p-2/t32-,33?,34?,35?,36-,39?,41-,42+,43+,44+;;/m0../s1. The molecule has 0 N–H and O–H groups in total. The van der Waals surface area contributed by atoms with Crippen LogP contribution in [0.25, 0.3) is 0 Å². The SMILES string of the molecule is C=C(C)[C@@H]1CC[C@]2(COC(=O)C[N+]3(C)CCOCC3)CC[C@]3(C)C(CCC4[C@@]5(C)CC[C@H](OC(=O)C[N+]6(C)CCOCC6)C(C)(C)C5CC[C@]43C)C12.[Cl-].[Cl-]. The van der Waals surface area contributed by atoms with Crippen molar-refractivity contribution >= 4 is 11.9 Å². The highest BCUT2D eigenvalue weighted by Gasteiger charge is 2.71. The van der Waals surface area contributed by atoms with Gasteiger partial charge in [-0.3, -0.25) is 0 Å². The summed E-state index contributed by atoms with van der Waals surface area (Å²) in [6, 6.07) is 0. The smallest absolute Gasteiger partial charge is 0.362 e. The predicted octanol–water partition coefficient (Wildman–Crippen LogP) is 1.06. The minimum Gasteiger partial charge on any atom is -1.00 e. The second-order valence-electron chi connectivity index (χ2n) is 21.2. The van der Waals surface area contributed by atoms with Crippen molar-refractivity contribution in [2.75, 3.05) is 86.4 Å². The summed E-state index contributed by atoms with van der Waals surface area (Å²) in [6.45, 7) is 27.5. The van der Waals surface area contributed by atoms with Gasteiger partial charge in [0.15, 0.2) is 13.1 Å². The van der Waals surface area contributed by atoms with Gasteiger partial charge in [0.25, 0.3) is 0 Å². The number of rotatable bonds is 8. The topological polar surface area (TPSA) is 71.1 Å². The van der Waals surface area contributed by atoms with E-state index in [9.17, 15) is 9.59 Å². The van der Waals surface area contributed by atoms with Crippen molar-refractivity contribution in [2.45, 2.75) is 112 Å². The molecule has 2 saturated heterocycles. The molecule has 2 aliphatic heterocycles. The number of carbonyl (C=O) groups is 2. The maximum Gasteiger partial charge on any atom is 0.362 e. The van der Waals surface area contributed by atoms with E-state index in [1.807, 2.05) is 0 Å². The van der Waals surface area contributed by atoms with Crippen molar-refractivity contribution in [3.05, 3.63) is 12.2 Å². The number of carbonyl (C=O) groups excluding carboxylic acids is 2. The second-order valence-corrected chi connectivity index (χ2v) is 21.2. The van der Waals surface area contributed by atoms with Gasteiger partial charge in [-0.25, -0.2) is 9.59 Å². The van der Waals surface area contributed by atoms with Gasteiger partial charge in [0.2, 0.25) is 0 Å². The number of fused-ring (bicyclic) bond motifs is 7. The first-order chi connectivity index (χ1) is 24.4. The number of nitrogens with zero attached hydrogens (tertiary/aromatic N) is 2. The van der Waals surface area contributed by atoms with Crippen molar-refractivity contribution in [2.24, 2.45) is 56.7 Å². The van der Waals surface area contributed by atoms with Crippen molar-refractivity contribution in [1.82, 2.24) is 0 Å². The zero-order chi connectivity index (χ0) is 37.4. The van der Waals surface area contributed by atoms with Gasteiger partial charge >= 0.3 is 11.9 Å². The third-order valence-corrected chi connectivity index (χ3v) is 18.1. The number of hydrogen-bond donors (Lipinski definition) is 0. The van der Waals surface area contributed by atoms with Crippen molar-refractivity contribution < 1.29 is 62.3 Å². The average Bonchev–Trinajstić information content (AvgIpc) is 3.46. The number of halogens is 2. The molecular formula is C44H74Cl2N2O6. The maximum atomic E-state index is 13.5. The lowest BCUT2D eigenvalue weighted by molar-refractivity contribution is -0.910. The van der Waals surface area contributed by atoms with Gasteiger partial charge in [-0.15, -0.1) is 0 Å². The fourth-order valence-electron chi connectivity index (χ4n) is 14.7. The Morgan fingerprint density at radius 2 is 1.30 bits per heavy atom. The Hall–Kier alpha value is -0.900. The monoisotopic (exact) mass is 796 g/mol. The molecule has 7 aliphatic rings. The molecule has 7 rings (SSSR count). The largest absolute Gasteiger partial charge is 1.00 e. The van der Waals surface area contributed by atoms with Crippen LogP contribution in [0.15, 0.2) is 12.2 Å². The molecule has 0 aromatic rings. The molecule has 0 aromatic carbocycles. The minimum atomic E-state index is -0.0617. The lowest BCUT2D eigenvalue weighted by Gasteiger charge is -2.73. The molecule has 0 spiro atoms. The van der Waals surface area contributed by atoms with E-state index in [1.54, 1.807) is 0 Å². The summed E-state index contributed by atoms with van der Waals surface area (Å²) in [6.07, 6.45) is 11.8. The van der Waals surface area contributed by atoms with Crippen LogP contribution in [0.2, 0.25) is 0 Å². The van der Waals surface area contributed by atoms with E-state index in [2.05, 4.69) is 62.2 Å². The first kappa shape index (κ1) is 44.2. The van der Waals surface area contributed by atoms with Gasteiger partial charge in [0, 0.05) is 10.8 Å². The molecule has 0 aromatic heterocycles. The Labute approximate surface area is 340 Å². The number of morpholine rings is 2. The van der Waals surface area contributed by atoms with E-state index in [1.165, 1.54) is 44.1 Å². The summed E-state index contributed by atoms with van der Waals surface area (Å²) in [5.41, 5.74) is 2.03. The molecule has 0 bridgehead atoms. The third-order valence-electron chi connectivity index (χ3n) is 18.1. The summed E-state index contributed by atoms with van der Waals surface area (Å²) < 4.78 is 25.4. The van der Waals surface area contributed by atoms with Crippen LogP contribution in [-0.2, 0) is 28.5 Å². The van der Waals surface area contributed by atoms with E-state index in [4.69, 9.17) is 18.9 Å². The van der Waals surface area contributed by atoms with Crippen molar-refractivity contribution in [3.63, 3.8) is 0 Å². The normalized spacial score (nSPS) is 43.0. The number of quaternary nitrogens is 2. The molecule has 2 heterocycles. The van der Waals surface area contributed by atoms with Crippen LogP contribution in [0.4, 0.5) is 0 Å². The van der Waals surface area contributed by atoms with Crippen molar-refractivity contribution in [3.8, 4) is 0 Å². The molecule has 0 amide bonds. The molecule has 54 heavy (non-hydrogen) atoms. The van der Waals surface area contributed by atoms with Crippen LogP contribution >= 0.6 is 0 Å². The predicted molar refractivity (Wildman–Crippen MR) is 203 cm³/mol. The first-order valence-corrected chi connectivity index (χ1v) is 21.2. The highest BCUT2D eigenvalue weighted by Crippen LogP contribution is 2.77. The lowest BCUT2D eigenvalue weighted by Crippen LogP contribution is -3.00. The second kappa shape index (κ2) is 15.7. The molecule has 0 radical (unpaired) electrons. The molecule has 8 nitrogen and oxygen atoms in total. The summed E-state index contributed by atoms with van der Waals surface area (Å²) in [5, 5.41) is 0. The van der Waals surface area contributed by atoms with Crippen LogP contribution in [0.3, 0.4) is 0 Å². The van der Waals surface area contributed by atoms with Crippen LogP contribution < -0.4 is 24.8 Å². The van der Waals surface area contributed by atoms with Crippen LogP contribution in [-0.4, -0.2) is 113 Å². The van der Waals surface area contributed by atoms with Gasteiger partial charge in [-0.2, -0.15) is 0 Å². The van der Waals surface area contributed by atoms with Gasteiger partial charge in [0.05, 0.1) is 47.1 Å². The number of esters is 2. The zero-order valence-electron chi connectivity index (χ0n) is 35.1. The number of likely N-dealkylation sites (N-methyl/N-ethyl adjacent to an activating group) is 2.